The van der Waals surface area contributed by atoms with Gasteiger partial charge >= 0.3 is 0 Å². The Morgan fingerprint density at radius 3 is 3.05 bits per heavy atom. The Bertz CT molecular complexity index is 457. The molecule has 0 aliphatic carbocycles. The summed E-state index contributed by atoms with van der Waals surface area (Å²) in [5.74, 6) is 0.743. The molecule has 2 fully saturated rings. The van der Waals surface area contributed by atoms with E-state index in [0.29, 0.717) is 5.92 Å². The molecule has 3 rings (SSSR count). The van der Waals surface area contributed by atoms with Crippen LogP contribution in [-0.4, -0.2) is 64.3 Å². The average Bonchev–Trinajstić information content (AvgIpc) is 3.24. The molecular formula is C15H26N6O. The van der Waals surface area contributed by atoms with E-state index in [2.05, 4.69) is 25.6 Å². The number of hydrogen-bond donors (Lipinski definition) is 2. The molecule has 7 heteroatoms. The lowest BCUT2D eigenvalue weighted by Crippen LogP contribution is -2.46. The number of aromatic nitrogens is 3. The average molecular weight is 306 g/mol. The van der Waals surface area contributed by atoms with Crippen LogP contribution >= 0.6 is 0 Å². The summed E-state index contributed by atoms with van der Waals surface area (Å²) in [6.07, 6.45) is 7.83. The Morgan fingerprint density at radius 2 is 2.27 bits per heavy atom. The van der Waals surface area contributed by atoms with Crippen LogP contribution in [0.2, 0.25) is 0 Å². The third-order valence-corrected chi connectivity index (χ3v) is 4.66. The van der Waals surface area contributed by atoms with E-state index < -0.39 is 0 Å². The van der Waals surface area contributed by atoms with Crippen molar-refractivity contribution in [2.24, 2.45) is 5.92 Å². The van der Waals surface area contributed by atoms with Crippen LogP contribution in [0.15, 0.2) is 12.7 Å². The lowest BCUT2D eigenvalue weighted by molar-refractivity contribution is -0.123. The van der Waals surface area contributed by atoms with Crippen LogP contribution in [-0.2, 0) is 11.3 Å². The van der Waals surface area contributed by atoms with Gasteiger partial charge in [0.1, 0.15) is 12.7 Å². The second kappa shape index (κ2) is 7.69. The maximum Gasteiger partial charge on any atom is 0.237 e. The highest BCUT2D eigenvalue weighted by Gasteiger charge is 2.24. The first kappa shape index (κ1) is 15.4. The van der Waals surface area contributed by atoms with Gasteiger partial charge in [0.15, 0.2) is 0 Å². The summed E-state index contributed by atoms with van der Waals surface area (Å²) in [4.78, 5) is 18.5. The standard InChI is InChI=1S/C15H26N6O/c22-15(14-4-1-5-17-14)18-9-13-3-2-6-20(10-13)7-8-21-12-16-11-19-21/h11-14,17H,1-10H2,(H,18,22). The van der Waals surface area contributed by atoms with Crippen LogP contribution < -0.4 is 10.6 Å². The van der Waals surface area contributed by atoms with Crippen molar-refractivity contribution in [1.29, 1.82) is 0 Å². The second-order valence-electron chi connectivity index (χ2n) is 6.36. The molecule has 2 aliphatic heterocycles. The Hall–Kier alpha value is -1.47. The van der Waals surface area contributed by atoms with Gasteiger partial charge in [-0.1, -0.05) is 0 Å². The van der Waals surface area contributed by atoms with Gasteiger partial charge in [-0.15, -0.1) is 0 Å². The van der Waals surface area contributed by atoms with Gasteiger partial charge in [-0.2, -0.15) is 5.10 Å². The number of piperidine rings is 1. The molecule has 2 N–H and O–H groups in total. The summed E-state index contributed by atoms with van der Waals surface area (Å²) in [6, 6.07) is 0.0343. The normalized spacial score (nSPS) is 26.2. The lowest BCUT2D eigenvalue weighted by atomic mass is 9.98. The first-order valence-electron chi connectivity index (χ1n) is 8.37. The van der Waals surface area contributed by atoms with Gasteiger partial charge in [0, 0.05) is 19.6 Å². The molecule has 0 spiro atoms. The molecule has 2 saturated heterocycles. The fraction of sp³-hybridized carbons (Fsp3) is 0.800. The molecule has 3 heterocycles. The van der Waals surface area contributed by atoms with Crippen LogP contribution in [0.25, 0.3) is 0 Å². The van der Waals surface area contributed by atoms with Crippen LogP contribution in [0, 0.1) is 5.92 Å². The molecule has 0 saturated carbocycles. The van der Waals surface area contributed by atoms with Crippen LogP contribution in [0.3, 0.4) is 0 Å². The number of hydrogen-bond acceptors (Lipinski definition) is 5. The number of carbonyl (C=O) groups excluding carboxylic acids is 1. The molecule has 0 radical (unpaired) electrons. The van der Waals surface area contributed by atoms with E-state index in [-0.39, 0.29) is 11.9 Å². The third kappa shape index (κ3) is 4.27. The van der Waals surface area contributed by atoms with Gasteiger partial charge in [0.2, 0.25) is 5.91 Å². The highest BCUT2D eigenvalue weighted by molar-refractivity contribution is 5.81. The number of rotatable bonds is 6. The van der Waals surface area contributed by atoms with Gasteiger partial charge in [-0.3, -0.25) is 9.48 Å². The summed E-state index contributed by atoms with van der Waals surface area (Å²) in [7, 11) is 0. The zero-order valence-corrected chi connectivity index (χ0v) is 13.1. The maximum absolute atomic E-state index is 12.0. The molecule has 0 bridgehead atoms. The van der Waals surface area contributed by atoms with Gasteiger partial charge in [-0.05, 0) is 44.7 Å². The van der Waals surface area contributed by atoms with Crippen LogP contribution in [0.5, 0.6) is 0 Å². The predicted octanol–water partition coefficient (Wildman–Crippen LogP) is -0.142. The Kier molecular flexibility index (Phi) is 5.39. The van der Waals surface area contributed by atoms with Crippen molar-refractivity contribution in [3.8, 4) is 0 Å². The molecule has 22 heavy (non-hydrogen) atoms. The van der Waals surface area contributed by atoms with Gasteiger partial charge in [0.25, 0.3) is 0 Å². The number of nitrogens with one attached hydrogen (secondary N) is 2. The molecule has 0 aromatic carbocycles. The summed E-state index contributed by atoms with van der Waals surface area (Å²) < 4.78 is 1.87. The van der Waals surface area contributed by atoms with Crippen molar-refractivity contribution in [3.63, 3.8) is 0 Å². The molecule has 1 aromatic heterocycles. The SMILES string of the molecule is O=C(NCC1CCCN(CCn2cncn2)C1)C1CCCN1. The number of nitrogens with zero attached hydrogens (tertiary/aromatic N) is 4. The van der Waals surface area contributed by atoms with E-state index >= 15 is 0 Å². The predicted molar refractivity (Wildman–Crippen MR) is 83.2 cm³/mol. The van der Waals surface area contributed by atoms with Crippen molar-refractivity contribution in [1.82, 2.24) is 30.3 Å². The molecule has 122 valence electrons. The van der Waals surface area contributed by atoms with E-state index in [1.165, 1.54) is 12.8 Å². The maximum atomic E-state index is 12.0. The second-order valence-corrected chi connectivity index (χ2v) is 6.36. The summed E-state index contributed by atoms with van der Waals surface area (Å²) in [5.41, 5.74) is 0. The quantitative estimate of drug-likeness (QED) is 0.765. The fourth-order valence-corrected chi connectivity index (χ4v) is 3.39. The Morgan fingerprint density at radius 1 is 1.32 bits per heavy atom. The first-order chi connectivity index (χ1) is 10.8. The first-order valence-corrected chi connectivity index (χ1v) is 8.37. The van der Waals surface area contributed by atoms with Crippen molar-refractivity contribution in [2.75, 3.05) is 32.7 Å². The van der Waals surface area contributed by atoms with Gasteiger partial charge in [0.05, 0.1) is 12.6 Å². The molecule has 2 aliphatic rings. The highest BCUT2D eigenvalue weighted by Crippen LogP contribution is 2.16. The van der Waals surface area contributed by atoms with Crippen molar-refractivity contribution in [3.05, 3.63) is 12.7 Å². The largest absolute Gasteiger partial charge is 0.354 e. The molecule has 7 nitrogen and oxygen atoms in total. The zero-order valence-electron chi connectivity index (χ0n) is 13.1. The third-order valence-electron chi connectivity index (χ3n) is 4.66. The summed E-state index contributed by atoms with van der Waals surface area (Å²) in [5, 5.41) is 10.5. The summed E-state index contributed by atoms with van der Waals surface area (Å²) in [6.45, 7) is 5.86. The molecular weight excluding hydrogens is 280 g/mol. The molecule has 2 atom stereocenters. The molecule has 1 amide bonds. The van der Waals surface area contributed by atoms with Crippen LogP contribution in [0.1, 0.15) is 25.7 Å². The van der Waals surface area contributed by atoms with Gasteiger partial charge in [-0.25, -0.2) is 4.98 Å². The number of likely N-dealkylation sites (tertiary alicyclic amines) is 1. The van der Waals surface area contributed by atoms with Gasteiger partial charge < -0.3 is 15.5 Å². The monoisotopic (exact) mass is 306 g/mol. The minimum atomic E-state index is 0.0343. The fourth-order valence-electron chi connectivity index (χ4n) is 3.39. The lowest BCUT2D eigenvalue weighted by Gasteiger charge is -2.32. The Balaban J connectivity index is 1.37. The summed E-state index contributed by atoms with van der Waals surface area (Å²) >= 11 is 0. The molecule has 2 unspecified atom stereocenters. The number of carbonyl (C=O) groups is 1. The van der Waals surface area contributed by atoms with E-state index in [9.17, 15) is 4.79 Å². The highest BCUT2D eigenvalue weighted by atomic mass is 16.2. The van der Waals surface area contributed by atoms with Crippen molar-refractivity contribution in [2.45, 2.75) is 38.3 Å². The number of amides is 1. The van der Waals surface area contributed by atoms with E-state index in [1.54, 1.807) is 12.7 Å². The molecule has 1 aromatic rings. The van der Waals surface area contributed by atoms with Crippen molar-refractivity contribution < 1.29 is 4.79 Å². The zero-order chi connectivity index (χ0) is 15.2. The Labute approximate surface area is 131 Å². The van der Waals surface area contributed by atoms with Crippen LogP contribution in [0.4, 0.5) is 0 Å². The van der Waals surface area contributed by atoms with E-state index in [0.717, 1.165) is 52.1 Å². The van der Waals surface area contributed by atoms with E-state index in [1.807, 2.05) is 4.68 Å². The minimum Gasteiger partial charge on any atom is -0.354 e. The smallest absolute Gasteiger partial charge is 0.237 e. The minimum absolute atomic E-state index is 0.0343. The topological polar surface area (TPSA) is 75.1 Å². The van der Waals surface area contributed by atoms with Crippen molar-refractivity contribution >= 4 is 5.91 Å². The van der Waals surface area contributed by atoms with E-state index in [4.69, 9.17) is 0 Å².